The largest absolute Gasteiger partial charge is 0.369 e. The molecule has 1 rings (SSSR count). The number of guanidine groups is 1. The summed E-state index contributed by atoms with van der Waals surface area (Å²) in [6.07, 6.45) is 5.64. The van der Waals surface area contributed by atoms with Crippen LogP contribution >= 0.6 is 11.8 Å². The van der Waals surface area contributed by atoms with E-state index >= 15 is 0 Å². The van der Waals surface area contributed by atoms with Crippen LogP contribution < -0.4 is 17.0 Å². The monoisotopic (exact) mass is 188 g/mol. The van der Waals surface area contributed by atoms with Gasteiger partial charge in [-0.15, -0.1) is 0 Å². The predicted molar refractivity (Wildman–Crippen MR) is 53.9 cm³/mol. The van der Waals surface area contributed by atoms with Crippen LogP contribution in [0.2, 0.25) is 0 Å². The fraction of sp³-hybridized carbons (Fsp3) is 0.857. The quantitative estimate of drug-likeness (QED) is 0.248. The smallest absolute Gasteiger partial charge is 0.203 e. The lowest BCUT2D eigenvalue weighted by Gasteiger charge is -2.05. The maximum atomic E-state index is 5.45. The lowest BCUT2D eigenvalue weighted by atomic mass is 10.3. The summed E-state index contributed by atoms with van der Waals surface area (Å²) in [7, 11) is 0. The molecule has 0 radical (unpaired) electrons. The number of nitrogens with one attached hydrogen (secondary N) is 1. The SMILES string of the molecule is CSC1CCC(N=C(N)NN)C1. The van der Waals surface area contributed by atoms with Gasteiger partial charge in [-0.25, -0.2) is 10.8 Å². The third-order valence-electron chi connectivity index (χ3n) is 2.16. The Balaban J connectivity index is 2.37. The molecule has 0 aromatic rings. The van der Waals surface area contributed by atoms with E-state index < -0.39 is 0 Å². The topological polar surface area (TPSA) is 76.4 Å². The summed E-state index contributed by atoms with van der Waals surface area (Å²) in [6, 6.07) is 0.374. The van der Waals surface area contributed by atoms with Gasteiger partial charge in [0.25, 0.3) is 0 Å². The van der Waals surface area contributed by atoms with Crippen molar-refractivity contribution in [2.45, 2.75) is 30.6 Å². The number of nitrogens with zero attached hydrogens (tertiary/aromatic N) is 1. The van der Waals surface area contributed by atoms with Gasteiger partial charge in [-0.2, -0.15) is 11.8 Å². The van der Waals surface area contributed by atoms with Crippen molar-refractivity contribution < 1.29 is 0 Å². The number of hydrogen-bond acceptors (Lipinski definition) is 3. The number of rotatable bonds is 2. The number of thioether (sulfide) groups is 1. The fourth-order valence-corrected chi connectivity index (χ4v) is 2.27. The Hall–Kier alpha value is -0.420. The first-order valence-electron chi connectivity index (χ1n) is 4.09. The normalized spacial score (nSPS) is 30.7. The van der Waals surface area contributed by atoms with Crippen molar-refractivity contribution in [2.75, 3.05) is 6.26 Å². The van der Waals surface area contributed by atoms with E-state index in [1.165, 1.54) is 6.42 Å². The molecule has 0 amide bonds. The van der Waals surface area contributed by atoms with Crippen LogP contribution in [0.5, 0.6) is 0 Å². The zero-order valence-electron chi connectivity index (χ0n) is 7.29. The van der Waals surface area contributed by atoms with E-state index in [4.69, 9.17) is 11.6 Å². The molecule has 0 heterocycles. The van der Waals surface area contributed by atoms with Gasteiger partial charge in [0.05, 0.1) is 6.04 Å². The van der Waals surface area contributed by atoms with Gasteiger partial charge >= 0.3 is 0 Å². The highest BCUT2D eigenvalue weighted by Gasteiger charge is 2.23. The second-order valence-corrected chi connectivity index (χ2v) is 4.12. The van der Waals surface area contributed by atoms with Crippen LogP contribution in [0, 0.1) is 0 Å². The predicted octanol–water partition coefficient (Wildman–Crippen LogP) is 0.0485. The van der Waals surface area contributed by atoms with Gasteiger partial charge in [0.2, 0.25) is 5.96 Å². The van der Waals surface area contributed by atoms with Gasteiger partial charge in [0.15, 0.2) is 0 Å². The molecule has 0 aliphatic heterocycles. The van der Waals surface area contributed by atoms with Gasteiger partial charge < -0.3 is 5.73 Å². The second-order valence-electron chi connectivity index (χ2n) is 2.98. The Labute approximate surface area is 77.1 Å². The maximum Gasteiger partial charge on any atom is 0.203 e. The molecular weight excluding hydrogens is 172 g/mol. The van der Waals surface area contributed by atoms with Gasteiger partial charge in [0, 0.05) is 5.25 Å². The average molecular weight is 188 g/mol. The highest BCUT2D eigenvalue weighted by Crippen LogP contribution is 2.29. The fourth-order valence-electron chi connectivity index (χ4n) is 1.48. The van der Waals surface area contributed by atoms with Gasteiger partial charge in [-0.3, -0.25) is 5.43 Å². The standard InChI is InChI=1S/C7H16N4S/c1-12-6-3-2-5(4-6)10-7(8)11-9/h5-6H,2-4,9H2,1H3,(H3,8,10,11). The van der Waals surface area contributed by atoms with E-state index in [1.807, 2.05) is 11.8 Å². The highest BCUT2D eigenvalue weighted by atomic mass is 32.2. The first-order chi connectivity index (χ1) is 5.76. The van der Waals surface area contributed by atoms with Crippen molar-refractivity contribution in [3.63, 3.8) is 0 Å². The number of hydrogen-bond donors (Lipinski definition) is 3. The molecule has 1 saturated carbocycles. The van der Waals surface area contributed by atoms with E-state index in [0.29, 0.717) is 12.0 Å². The van der Waals surface area contributed by atoms with Crippen molar-refractivity contribution in [1.82, 2.24) is 5.43 Å². The molecule has 70 valence electrons. The van der Waals surface area contributed by atoms with Crippen molar-refractivity contribution in [1.29, 1.82) is 0 Å². The molecule has 1 fully saturated rings. The molecule has 0 bridgehead atoms. The van der Waals surface area contributed by atoms with Crippen LogP contribution in [0.15, 0.2) is 4.99 Å². The highest BCUT2D eigenvalue weighted by molar-refractivity contribution is 7.99. The van der Waals surface area contributed by atoms with Crippen molar-refractivity contribution in [3.05, 3.63) is 0 Å². The summed E-state index contributed by atoms with van der Waals surface area (Å²) in [5.41, 5.74) is 7.79. The molecule has 4 nitrogen and oxygen atoms in total. The molecule has 2 atom stereocenters. The van der Waals surface area contributed by atoms with Crippen LogP contribution in [0.25, 0.3) is 0 Å². The summed E-state index contributed by atoms with van der Waals surface area (Å²) in [6.45, 7) is 0. The number of aliphatic imine (C=N–C) groups is 1. The Kier molecular flexibility index (Phi) is 3.68. The Morgan fingerprint density at radius 1 is 1.58 bits per heavy atom. The summed E-state index contributed by atoms with van der Waals surface area (Å²) < 4.78 is 0. The zero-order chi connectivity index (χ0) is 8.97. The first-order valence-corrected chi connectivity index (χ1v) is 5.37. The summed E-state index contributed by atoms with van der Waals surface area (Å²) >= 11 is 1.91. The second kappa shape index (κ2) is 4.57. The molecule has 5 N–H and O–H groups in total. The van der Waals surface area contributed by atoms with Crippen molar-refractivity contribution in [3.8, 4) is 0 Å². The summed E-state index contributed by atoms with van der Waals surface area (Å²) in [4.78, 5) is 4.24. The molecule has 5 heteroatoms. The molecule has 1 aliphatic rings. The van der Waals surface area contributed by atoms with Crippen molar-refractivity contribution >= 4 is 17.7 Å². The Morgan fingerprint density at radius 2 is 2.33 bits per heavy atom. The van der Waals surface area contributed by atoms with Gasteiger partial charge in [-0.1, -0.05) is 0 Å². The van der Waals surface area contributed by atoms with Crippen molar-refractivity contribution in [2.24, 2.45) is 16.6 Å². The molecule has 0 aromatic carbocycles. The van der Waals surface area contributed by atoms with Crippen LogP contribution in [-0.2, 0) is 0 Å². The van der Waals surface area contributed by atoms with Crippen LogP contribution in [0.3, 0.4) is 0 Å². The maximum absolute atomic E-state index is 5.45. The average Bonchev–Trinajstić information content (AvgIpc) is 2.52. The Bertz CT molecular complexity index is 171. The third-order valence-corrected chi connectivity index (χ3v) is 3.25. The summed E-state index contributed by atoms with van der Waals surface area (Å²) in [5.74, 6) is 5.46. The van der Waals surface area contributed by atoms with E-state index in [2.05, 4.69) is 16.7 Å². The summed E-state index contributed by atoms with van der Waals surface area (Å²) in [5, 5.41) is 0.754. The lowest BCUT2D eigenvalue weighted by molar-refractivity contribution is 0.700. The molecule has 2 unspecified atom stereocenters. The number of hydrazine groups is 1. The molecular formula is C7H16N4S. The zero-order valence-corrected chi connectivity index (χ0v) is 8.10. The minimum atomic E-state index is 0.349. The molecule has 1 aliphatic carbocycles. The third kappa shape index (κ3) is 2.57. The van der Waals surface area contributed by atoms with Gasteiger partial charge in [0.1, 0.15) is 0 Å². The Morgan fingerprint density at radius 3 is 2.83 bits per heavy atom. The number of nitrogens with two attached hydrogens (primary N) is 2. The van der Waals surface area contributed by atoms with E-state index in [9.17, 15) is 0 Å². The van der Waals surface area contributed by atoms with E-state index in [0.717, 1.165) is 18.1 Å². The van der Waals surface area contributed by atoms with Crippen LogP contribution in [0.4, 0.5) is 0 Å². The molecule has 0 aromatic heterocycles. The van der Waals surface area contributed by atoms with Crippen LogP contribution in [0.1, 0.15) is 19.3 Å². The molecule has 0 saturated heterocycles. The van der Waals surface area contributed by atoms with Gasteiger partial charge in [-0.05, 0) is 25.5 Å². The van der Waals surface area contributed by atoms with Crippen LogP contribution in [-0.4, -0.2) is 23.5 Å². The van der Waals surface area contributed by atoms with E-state index in [1.54, 1.807) is 0 Å². The molecule has 0 spiro atoms. The molecule has 12 heavy (non-hydrogen) atoms. The first kappa shape index (κ1) is 9.67. The van der Waals surface area contributed by atoms with E-state index in [-0.39, 0.29) is 0 Å². The lowest BCUT2D eigenvalue weighted by Crippen LogP contribution is -2.37. The minimum absolute atomic E-state index is 0.349. The minimum Gasteiger partial charge on any atom is -0.369 e.